The van der Waals surface area contributed by atoms with Crippen LogP contribution in [0.1, 0.15) is 32.1 Å². The smallest absolute Gasteiger partial charge is 0.277 e. The topological polar surface area (TPSA) is 66.5 Å². The van der Waals surface area contributed by atoms with Crippen molar-refractivity contribution in [1.29, 1.82) is 0 Å². The third-order valence-electron chi connectivity index (χ3n) is 3.38. The molecule has 5 nitrogen and oxygen atoms in total. The molecule has 2 aliphatic rings. The zero-order chi connectivity index (χ0) is 11.1. The van der Waals surface area contributed by atoms with E-state index in [2.05, 4.69) is 5.32 Å². The standard InChI is InChI=1S/C10H14N2O3/c1-12-8(14)10(5-3-2-4-6-10)7(13)11-9(12)15/h2-6H2,1H3,(H,11,13,15). The molecule has 1 N–H and O–H groups in total. The number of rotatable bonds is 0. The van der Waals surface area contributed by atoms with Gasteiger partial charge >= 0.3 is 6.03 Å². The van der Waals surface area contributed by atoms with E-state index in [0.29, 0.717) is 12.8 Å². The summed E-state index contributed by atoms with van der Waals surface area (Å²) >= 11 is 0. The zero-order valence-electron chi connectivity index (χ0n) is 8.71. The molecule has 0 radical (unpaired) electrons. The first-order chi connectivity index (χ1) is 7.08. The maximum absolute atomic E-state index is 12.0. The lowest BCUT2D eigenvalue weighted by atomic mass is 9.71. The van der Waals surface area contributed by atoms with Crippen LogP contribution in [0.15, 0.2) is 0 Å². The van der Waals surface area contributed by atoms with Gasteiger partial charge in [-0.25, -0.2) is 4.79 Å². The third kappa shape index (κ3) is 1.33. The molecule has 0 bridgehead atoms. The molecule has 1 saturated carbocycles. The maximum atomic E-state index is 12.0. The molecule has 0 atom stereocenters. The number of carbonyl (C=O) groups excluding carboxylic acids is 3. The van der Waals surface area contributed by atoms with Gasteiger partial charge in [-0.1, -0.05) is 19.3 Å². The van der Waals surface area contributed by atoms with Gasteiger partial charge in [-0.2, -0.15) is 0 Å². The molecule has 0 aromatic rings. The predicted octanol–water partition coefficient (Wildman–Crippen LogP) is 0.645. The molecule has 2 rings (SSSR count). The van der Waals surface area contributed by atoms with Gasteiger partial charge < -0.3 is 0 Å². The van der Waals surface area contributed by atoms with Gasteiger partial charge in [0.25, 0.3) is 0 Å². The van der Waals surface area contributed by atoms with Gasteiger partial charge in [0.15, 0.2) is 0 Å². The Hall–Kier alpha value is -1.39. The molecule has 82 valence electrons. The monoisotopic (exact) mass is 210 g/mol. The largest absolute Gasteiger partial charge is 0.330 e. The van der Waals surface area contributed by atoms with Crippen LogP contribution in [0.4, 0.5) is 4.79 Å². The number of nitrogens with one attached hydrogen (secondary N) is 1. The van der Waals surface area contributed by atoms with Gasteiger partial charge in [0.1, 0.15) is 5.41 Å². The molecule has 1 aliphatic carbocycles. The number of imide groups is 2. The van der Waals surface area contributed by atoms with Crippen LogP contribution >= 0.6 is 0 Å². The molecule has 1 aliphatic heterocycles. The van der Waals surface area contributed by atoms with Gasteiger partial charge in [0.2, 0.25) is 11.8 Å². The van der Waals surface area contributed by atoms with Crippen LogP contribution in [0.25, 0.3) is 0 Å². The van der Waals surface area contributed by atoms with Crippen molar-refractivity contribution in [2.24, 2.45) is 5.41 Å². The molecular weight excluding hydrogens is 196 g/mol. The predicted molar refractivity (Wildman–Crippen MR) is 51.8 cm³/mol. The summed E-state index contributed by atoms with van der Waals surface area (Å²) in [5, 5.41) is 2.25. The van der Waals surface area contributed by atoms with Crippen molar-refractivity contribution >= 4 is 17.8 Å². The van der Waals surface area contributed by atoms with Crippen LogP contribution in [-0.4, -0.2) is 29.8 Å². The van der Waals surface area contributed by atoms with E-state index < -0.39 is 17.4 Å². The van der Waals surface area contributed by atoms with E-state index in [1.54, 1.807) is 0 Å². The number of carbonyl (C=O) groups is 3. The average Bonchev–Trinajstić information content (AvgIpc) is 2.26. The molecule has 0 unspecified atom stereocenters. The van der Waals surface area contributed by atoms with E-state index in [-0.39, 0.29) is 5.91 Å². The molecule has 4 amide bonds. The molecular formula is C10H14N2O3. The highest BCUT2D eigenvalue weighted by Crippen LogP contribution is 2.39. The first kappa shape index (κ1) is 10.1. The summed E-state index contributed by atoms with van der Waals surface area (Å²) in [4.78, 5) is 36.0. The molecule has 2 fully saturated rings. The van der Waals surface area contributed by atoms with E-state index in [4.69, 9.17) is 0 Å². The summed E-state index contributed by atoms with van der Waals surface area (Å²) in [5.74, 6) is -0.744. The van der Waals surface area contributed by atoms with Crippen molar-refractivity contribution in [1.82, 2.24) is 10.2 Å². The zero-order valence-corrected chi connectivity index (χ0v) is 8.71. The molecule has 1 saturated heterocycles. The lowest BCUT2D eigenvalue weighted by Gasteiger charge is -2.39. The molecule has 15 heavy (non-hydrogen) atoms. The average molecular weight is 210 g/mol. The lowest BCUT2D eigenvalue weighted by molar-refractivity contribution is -0.152. The Balaban J connectivity index is 2.33. The number of nitrogens with zero attached hydrogens (tertiary/aromatic N) is 1. The first-order valence-corrected chi connectivity index (χ1v) is 5.21. The Morgan fingerprint density at radius 3 is 2.33 bits per heavy atom. The van der Waals surface area contributed by atoms with Gasteiger partial charge in [-0.05, 0) is 12.8 Å². The van der Waals surface area contributed by atoms with Gasteiger partial charge in [-0.15, -0.1) is 0 Å². The van der Waals surface area contributed by atoms with Gasteiger partial charge in [-0.3, -0.25) is 19.8 Å². The fourth-order valence-corrected chi connectivity index (χ4v) is 2.41. The Kier molecular flexibility index (Phi) is 2.25. The number of amides is 4. The van der Waals surface area contributed by atoms with Crippen molar-refractivity contribution in [2.45, 2.75) is 32.1 Å². The second-order valence-corrected chi connectivity index (χ2v) is 4.27. The minimum absolute atomic E-state index is 0.337. The van der Waals surface area contributed by atoms with Crippen molar-refractivity contribution < 1.29 is 14.4 Å². The van der Waals surface area contributed by atoms with Crippen molar-refractivity contribution in [3.63, 3.8) is 0 Å². The highest BCUT2D eigenvalue weighted by atomic mass is 16.2. The summed E-state index contributed by atoms with van der Waals surface area (Å²) in [6.45, 7) is 0. The summed E-state index contributed by atoms with van der Waals surface area (Å²) in [6.07, 6.45) is 3.94. The van der Waals surface area contributed by atoms with E-state index >= 15 is 0 Å². The number of urea groups is 1. The van der Waals surface area contributed by atoms with Gasteiger partial charge in [0, 0.05) is 7.05 Å². The highest BCUT2D eigenvalue weighted by Gasteiger charge is 2.52. The minimum atomic E-state index is -0.957. The highest BCUT2D eigenvalue weighted by molar-refractivity contribution is 6.18. The molecule has 0 aromatic heterocycles. The van der Waals surface area contributed by atoms with Crippen LogP contribution in [0.5, 0.6) is 0 Å². The van der Waals surface area contributed by atoms with Crippen molar-refractivity contribution in [2.75, 3.05) is 7.05 Å². The molecule has 1 heterocycles. The summed E-state index contributed by atoms with van der Waals surface area (Å²) in [5.41, 5.74) is -0.957. The summed E-state index contributed by atoms with van der Waals surface area (Å²) in [6, 6.07) is -0.610. The summed E-state index contributed by atoms with van der Waals surface area (Å²) in [7, 11) is 1.42. The Bertz CT molecular complexity index is 332. The van der Waals surface area contributed by atoms with Crippen LogP contribution < -0.4 is 5.32 Å². The molecule has 1 spiro atoms. The van der Waals surface area contributed by atoms with Crippen LogP contribution in [0, 0.1) is 5.41 Å². The second kappa shape index (κ2) is 3.32. The first-order valence-electron chi connectivity index (χ1n) is 5.21. The van der Waals surface area contributed by atoms with E-state index in [1.165, 1.54) is 7.05 Å². The van der Waals surface area contributed by atoms with Crippen LogP contribution in [0.2, 0.25) is 0 Å². The van der Waals surface area contributed by atoms with Crippen LogP contribution in [0.3, 0.4) is 0 Å². The second-order valence-electron chi connectivity index (χ2n) is 4.27. The number of barbiturate groups is 1. The molecule has 0 aromatic carbocycles. The SMILES string of the molecule is CN1C(=O)NC(=O)C2(CCCCC2)C1=O. The normalized spacial score (nSPS) is 25.7. The van der Waals surface area contributed by atoms with E-state index in [0.717, 1.165) is 24.2 Å². The number of hydrogen-bond donors (Lipinski definition) is 1. The quantitative estimate of drug-likeness (QED) is 0.597. The van der Waals surface area contributed by atoms with E-state index in [9.17, 15) is 14.4 Å². The summed E-state index contributed by atoms with van der Waals surface area (Å²) < 4.78 is 0. The van der Waals surface area contributed by atoms with Gasteiger partial charge in [0.05, 0.1) is 0 Å². The third-order valence-corrected chi connectivity index (χ3v) is 3.38. The molecule has 5 heteroatoms. The lowest BCUT2D eigenvalue weighted by Crippen LogP contribution is -2.63. The van der Waals surface area contributed by atoms with Crippen LogP contribution in [-0.2, 0) is 9.59 Å². The maximum Gasteiger partial charge on any atom is 0.330 e. The Morgan fingerprint density at radius 2 is 1.73 bits per heavy atom. The Morgan fingerprint density at radius 1 is 1.13 bits per heavy atom. The Labute approximate surface area is 87.8 Å². The fourth-order valence-electron chi connectivity index (χ4n) is 2.41. The van der Waals surface area contributed by atoms with E-state index in [1.807, 2.05) is 0 Å². The van der Waals surface area contributed by atoms with Crippen molar-refractivity contribution in [3.05, 3.63) is 0 Å². The van der Waals surface area contributed by atoms with Crippen molar-refractivity contribution in [3.8, 4) is 0 Å². The fraction of sp³-hybridized carbons (Fsp3) is 0.700. The number of hydrogen-bond acceptors (Lipinski definition) is 3. The minimum Gasteiger partial charge on any atom is -0.277 e.